The zero-order valence-corrected chi connectivity index (χ0v) is 22.0. The second-order valence-corrected chi connectivity index (χ2v) is 10.4. The van der Waals surface area contributed by atoms with Crippen molar-refractivity contribution < 1.29 is 35.6 Å². The zero-order chi connectivity index (χ0) is 28.8. The highest BCUT2D eigenvalue weighted by atomic mass is 32.2. The number of carbonyl (C=O) groups is 2. The summed E-state index contributed by atoms with van der Waals surface area (Å²) in [5, 5.41) is 2.56. The third-order valence-electron chi connectivity index (χ3n) is 5.89. The maximum Gasteiger partial charge on any atom is 0.416 e. The quantitative estimate of drug-likeness (QED) is 0.365. The van der Waals surface area contributed by atoms with Crippen molar-refractivity contribution in [3.05, 3.63) is 95.8 Å². The van der Waals surface area contributed by atoms with Gasteiger partial charge in [-0.1, -0.05) is 42.5 Å². The van der Waals surface area contributed by atoms with Crippen LogP contribution in [0.4, 0.5) is 23.2 Å². The van der Waals surface area contributed by atoms with E-state index in [1.807, 2.05) is 0 Å². The van der Waals surface area contributed by atoms with Crippen molar-refractivity contribution in [3.63, 3.8) is 0 Å². The number of likely N-dealkylation sites (N-methyl/N-ethyl adjacent to an activating group) is 1. The first-order valence-corrected chi connectivity index (χ1v) is 13.4. The Balaban J connectivity index is 2.09. The summed E-state index contributed by atoms with van der Waals surface area (Å²) in [5.74, 6) is -2.14. The lowest BCUT2D eigenvalue weighted by Crippen LogP contribution is -2.51. The highest BCUT2D eigenvalue weighted by molar-refractivity contribution is 7.92. The fourth-order valence-corrected chi connectivity index (χ4v) is 5.23. The fourth-order valence-electron chi connectivity index (χ4n) is 3.80. The van der Waals surface area contributed by atoms with E-state index in [1.165, 1.54) is 55.5 Å². The van der Waals surface area contributed by atoms with Gasteiger partial charge in [0.15, 0.2) is 0 Å². The van der Waals surface area contributed by atoms with Gasteiger partial charge in [-0.05, 0) is 50.2 Å². The van der Waals surface area contributed by atoms with Crippen molar-refractivity contribution in [2.75, 3.05) is 17.4 Å². The molecule has 7 nitrogen and oxygen atoms in total. The van der Waals surface area contributed by atoms with E-state index in [-0.39, 0.29) is 23.5 Å². The maximum atomic E-state index is 14.5. The van der Waals surface area contributed by atoms with E-state index < -0.39 is 57.7 Å². The Kier molecular flexibility index (Phi) is 9.33. The lowest BCUT2D eigenvalue weighted by Gasteiger charge is -2.32. The van der Waals surface area contributed by atoms with Crippen LogP contribution < -0.4 is 9.62 Å². The summed E-state index contributed by atoms with van der Waals surface area (Å²) < 4.78 is 82.6. The predicted molar refractivity (Wildman–Crippen MR) is 138 cm³/mol. The fraction of sp³-hybridized carbons (Fsp3) is 0.259. The van der Waals surface area contributed by atoms with Crippen molar-refractivity contribution in [1.29, 1.82) is 0 Å². The minimum Gasteiger partial charge on any atom is -0.355 e. The molecule has 0 bridgehead atoms. The number of halogens is 4. The Morgan fingerprint density at radius 2 is 1.59 bits per heavy atom. The minimum atomic E-state index is -4.77. The molecule has 3 aromatic carbocycles. The Hall–Kier alpha value is -3.93. The number of amides is 2. The van der Waals surface area contributed by atoms with E-state index in [2.05, 4.69) is 5.32 Å². The smallest absolute Gasteiger partial charge is 0.355 e. The minimum absolute atomic E-state index is 0.0681. The number of carbonyl (C=O) groups excluding carboxylic acids is 2. The highest BCUT2D eigenvalue weighted by Crippen LogP contribution is 2.33. The van der Waals surface area contributed by atoms with Gasteiger partial charge in [0.05, 0.1) is 16.1 Å². The molecule has 1 N–H and O–H groups in total. The Labute approximate surface area is 224 Å². The van der Waals surface area contributed by atoms with E-state index in [0.717, 1.165) is 23.1 Å². The van der Waals surface area contributed by atoms with Crippen molar-refractivity contribution in [3.8, 4) is 0 Å². The van der Waals surface area contributed by atoms with Gasteiger partial charge in [0.25, 0.3) is 10.0 Å². The first kappa shape index (κ1) is 29.6. The largest absolute Gasteiger partial charge is 0.416 e. The highest BCUT2D eigenvalue weighted by Gasteiger charge is 2.35. The zero-order valence-electron chi connectivity index (χ0n) is 21.2. The van der Waals surface area contributed by atoms with Crippen LogP contribution in [0.2, 0.25) is 0 Å². The van der Waals surface area contributed by atoms with Gasteiger partial charge < -0.3 is 10.2 Å². The van der Waals surface area contributed by atoms with E-state index in [9.17, 15) is 35.6 Å². The predicted octanol–water partition coefficient (Wildman–Crippen LogP) is 4.59. The van der Waals surface area contributed by atoms with Crippen LogP contribution >= 0.6 is 0 Å². The average molecular weight is 566 g/mol. The van der Waals surface area contributed by atoms with Crippen LogP contribution in [0.15, 0.2) is 83.8 Å². The second-order valence-electron chi connectivity index (χ2n) is 8.56. The first-order valence-electron chi connectivity index (χ1n) is 11.9. The molecule has 1 atom stereocenters. The van der Waals surface area contributed by atoms with E-state index in [0.29, 0.717) is 10.4 Å². The maximum absolute atomic E-state index is 14.5. The van der Waals surface area contributed by atoms with Crippen molar-refractivity contribution >= 4 is 27.5 Å². The molecule has 2 amide bonds. The normalized spacial score (nSPS) is 12.5. The molecule has 1 unspecified atom stereocenters. The third kappa shape index (κ3) is 7.14. The number of alkyl halides is 3. The molecule has 0 saturated carbocycles. The van der Waals surface area contributed by atoms with E-state index in [1.54, 1.807) is 13.0 Å². The number of hydrogen-bond acceptors (Lipinski definition) is 4. The molecule has 0 fully saturated rings. The van der Waals surface area contributed by atoms with Crippen LogP contribution in [0.1, 0.15) is 25.0 Å². The Morgan fingerprint density at radius 3 is 2.21 bits per heavy atom. The van der Waals surface area contributed by atoms with Crippen molar-refractivity contribution in [1.82, 2.24) is 10.2 Å². The van der Waals surface area contributed by atoms with Crippen LogP contribution in [0, 0.1) is 5.82 Å². The van der Waals surface area contributed by atoms with Crippen LogP contribution in [-0.4, -0.2) is 44.3 Å². The van der Waals surface area contributed by atoms with Gasteiger partial charge in [-0.2, -0.15) is 13.2 Å². The van der Waals surface area contributed by atoms with Crippen molar-refractivity contribution in [2.45, 2.75) is 37.5 Å². The van der Waals surface area contributed by atoms with Crippen LogP contribution in [-0.2, 0) is 32.3 Å². The third-order valence-corrected chi connectivity index (χ3v) is 7.68. The van der Waals surface area contributed by atoms with Gasteiger partial charge in [0.2, 0.25) is 11.8 Å². The number of nitrogens with one attached hydrogen (secondary N) is 1. The molecule has 0 aliphatic carbocycles. The molecule has 0 aliphatic heterocycles. The molecule has 0 radical (unpaired) electrons. The SMILES string of the molecule is CCNC(=O)C(C)N(Cc1ccccc1F)C(=O)CN(c1cccc(C(F)(F)F)c1)S(=O)(=O)c1ccccc1. The number of benzene rings is 3. The number of hydrogen-bond donors (Lipinski definition) is 1. The second kappa shape index (κ2) is 12.3. The van der Waals surface area contributed by atoms with Gasteiger partial charge in [-0.3, -0.25) is 13.9 Å². The molecule has 208 valence electrons. The molecule has 39 heavy (non-hydrogen) atoms. The molecule has 0 aliphatic rings. The lowest BCUT2D eigenvalue weighted by molar-refractivity contribution is -0.139. The molecule has 3 rings (SSSR count). The molecule has 12 heteroatoms. The molecular formula is C27H27F4N3O4S. The summed E-state index contributed by atoms with van der Waals surface area (Å²) in [7, 11) is -4.54. The molecule has 0 spiro atoms. The Morgan fingerprint density at radius 1 is 0.949 bits per heavy atom. The van der Waals surface area contributed by atoms with Crippen LogP contribution in [0.3, 0.4) is 0 Å². The average Bonchev–Trinajstić information content (AvgIpc) is 2.91. The van der Waals surface area contributed by atoms with Gasteiger partial charge in [-0.15, -0.1) is 0 Å². The number of nitrogens with zero attached hydrogens (tertiary/aromatic N) is 2. The molecule has 0 saturated heterocycles. The number of anilines is 1. The van der Waals surface area contributed by atoms with Gasteiger partial charge in [0, 0.05) is 18.7 Å². The molecule has 0 aromatic heterocycles. The Bertz CT molecular complexity index is 1420. The number of sulfonamides is 1. The molecule has 0 heterocycles. The van der Waals surface area contributed by atoms with Gasteiger partial charge in [-0.25, -0.2) is 12.8 Å². The number of rotatable bonds is 10. The van der Waals surface area contributed by atoms with Gasteiger partial charge >= 0.3 is 6.18 Å². The summed E-state index contributed by atoms with van der Waals surface area (Å²) >= 11 is 0. The summed E-state index contributed by atoms with van der Waals surface area (Å²) in [6, 6.07) is 14.9. The topological polar surface area (TPSA) is 86.8 Å². The van der Waals surface area contributed by atoms with Crippen LogP contribution in [0.25, 0.3) is 0 Å². The van der Waals surface area contributed by atoms with E-state index in [4.69, 9.17) is 0 Å². The van der Waals surface area contributed by atoms with E-state index >= 15 is 0 Å². The first-order chi connectivity index (χ1) is 18.4. The van der Waals surface area contributed by atoms with Crippen LogP contribution in [0.5, 0.6) is 0 Å². The van der Waals surface area contributed by atoms with Gasteiger partial charge in [0.1, 0.15) is 18.4 Å². The summed E-state index contributed by atoms with van der Waals surface area (Å²) in [6.07, 6.45) is -4.77. The standard InChI is InChI=1S/C27H27F4N3O4S/c1-3-32-26(36)19(2)33(17-20-10-7-8-15-24(20)28)25(35)18-34(39(37,38)23-13-5-4-6-14-23)22-12-9-11-21(16-22)27(29,30)31/h4-16,19H,3,17-18H2,1-2H3,(H,32,36). The summed E-state index contributed by atoms with van der Waals surface area (Å²) in [6.45, 7) is 1.96. The van der Waals surface area contributed by atoms with Crippen molar-refractivity contribution in [2.24, 2.45) is 0 Å². The monoisotopic (exact) mass is 565 g/mol. The summed E-state index contributed by atoms with van der Waals surface area (Å²) in [4.78, 5) is 27.0. The lowest BCUT2D eigenvalue weighted by atomic mass is 10.1. The summed E-state index contributed by atoms with van der Waals surface area (Å²) in [5.41, 5.74) is -1.45. The molecular weight excluding hydrogens is 538 g/mol. The molecule has 3 aromatic rings.